The Morgan fingerprint density at radius 2 is 2.14 bits per heavy atom. The van der Waals surface area contributed by atoms with E-state index < -0.39 is 54.4 Å². The summed E-state index contributed by atoms with van der Waals surface area (Å²) in [6.07, 6.45) is -6.30. The van der Waals surface area contributed by atoms with Crippen molar-refractivity contribution in [2.75, 3.05) is 12.3 Å². The van der Waals surface area contributed by atoms with Crippen molar-refractivity contribution in [2.24, 2.45) is 11.8 Å². The highest BCUT2D eigenvalue weighted by molar-refractivity contribution is 5.74. The number of aliphatic hydroxyl groups excluding tert-OH is 2. The molecule has 13 heteroatoms. The molecule has 1 aliphatic heterocycles. The number of aromatic amines is 1. The van der Waals surface area contributed by atoms with Crippen molar-refractivity contribution < 1.29 is 29.2 Å². The molecule has 1 saturated carbocycles. The van der Waals surface area contributed by atoms with Gasteiger partial charge < -0.3 is 25.8 Å². The van der Waals surface area contributed by atoms with Crippen LogP contribution in [0.1, 0.15) is 12.6 Å². The number of rotatable bonds is 5. The van der Waals surface area contributed by atoms with Crippen molar-refractivity contribution in [1.29, 1.82) is 0 Å². The van der Waals surface area contributed by atoms with Crippen molar-refractivity contribution >= 4 is 23.1 Å². The lowest BCUT2D eigenvalue weighted by Crippen LogP contribution is -2.34. The number of carboxylic acids is 1. The van der Waals surface area contributed by atoms with Gasteiger partial charge >= 0.3 is 11.7 Å². The number of carboxylic acid groups (broad SMARTS) is 1. The summed E-state index contributed by atoms with van der Waals surface area (Å²) in [5, 5.41) is 28.4. The minimum Gasteiger partial charge on any atom is -0.481 e. The molecule has 6 atom stereocenters. The summed E-state index contributed by atoms with van der Waals surface area (Å²) in [5.41, 5.74) is 3.57. The number of nitrogen functional groups attached to an aromatic ring is 1. The first-order chi connectivity index (χ1) is 13.2. The summed E-state index contributed by atoms with van der Waals surface area (Å²) in [5.74, 6) is -2.30. The summed E-state index contributed by atoms with van der Waals surface area (Å²) >= 11 is 0. The Kier molecular flexibility index (Phi) is 4.24. The summed E-state index contributed by atoms with van der Waals surface area (Å²) in [6, 6.07) is 0. The summed E-state index contributed by atoms with van der Waals surface area (Å²) in [7, 11) is 0. The number of anilines is 1. The number of imidazole rings is 1. The smallest absolute Gasteiger partial charge is 0.332 e. The third-order valence-electron chi connectivity index (χ3n) is 5.21. The fraction of sp³-hybridized carbons (Fsp3) is 0.600. The van der Waals surface area contributed by atoms with Crippen LogP contribution in [0.4, 0.5) is 10.3 Å². The summed E-state index contributed by atoms with van der Waals surface area (Å²) in [6.45, 7) is -0.792. The second kappa shape index (κ2) is 6.39. The number of hydrogen-bond acceptors (Lipinski definition) is 8. The fourth-order valence-electron chi connectivity index (χ4n) is 3.65. The Morgan fingerprint density at radius 1 is 1.43 bits per heavy atom. The van der Waals surface area contributed by atoms with E-state index in [9.17, 15) is 29.0 Å². The Bertz CT molecular complexity index is 1060. The molecule has 0 unspecified atom stereocenters. The standard InChI is InChI=1S/C15H18FN5O7/c16-7-6(3-22)28-12(9(7)23)21-10-8(11(24)19-14(17)18-10)20(15(21)27)2-4-1-5(4)13(25)26/h4-7,9,12,22-23H,1-3H2,(H,25,26)(H3,17,18,19,24)/t4-,5+,6+,7+,9+,12+/m0/s1. The molecular weight excluding hydrogens is 381 g/mol. The molecular formula is C15H18FN5O7. The largest absolute Gasteiger partial charge is 0.481 e. The minimum absolute atomic E-state index is 0.0702. The lowest BCUT2D eigenvalue weighted by atomic mass is 10.1. The molecule has 1 aliphatic carbocycles. The molecule has 2 fully saturated rings. The van der Waals surface area contributed by atoms with Crippen LogP contribution in [0.25, 0.3) is 11.2 Å². The molecule has 2 aromatic heterocycles. The van der Waals surface area contributed by atoms with Crippen LogP contribution in [-0.2, 0) is 16.1 Å². The number of ether oxygens (including phenoxy) is 1. The van der Waals surface area contributed by atoms with E-state index in [4.69, 9.17) is 15.6 Å². The van der Waals surface area contributed by atoms with Crippen molar-refractivity contribution in [3.63, 3.8) is 0 Å². The van der Waals surface area contributed by atoms with Gasteiger partial charge in [0.1, 0.15) is 12.2 Å². The highest BCUT2D eigenvalue weighted by Gasteiger charge is 2.48. The number of H-pyrrole nitrogens is 1. The van der Waals surface area contributed by atoms with Gasteiger partial charge in [0.15, 0.2) is 23.6 Å². The highest BCUT2D eigenvalue weighted by atomic mass is 19.1. The molecule has 152 valence electrons. The summed E-state index contributed by atoms with van der Waals surface area (Å²) < 4.78 is 21.3. The molecule has 0 aromatic carbocycles. The predicted octanol–water partition coefficient (Wildman–Crippen LogP) is -2.22. The number of nitrogens with one attached hydrogen (secondary N) is 1. The monoisotopic (exact) mass is 399 g/mol. The molecule has 6 N–H and O–H groups in total. The van der Waals surface area contributed by atoms with E-state index in [2.05, 4.69) is 9.97 Å². The molecule has 0 radical (unpaired) electrons. The zero-order valence-electron chi connectivity index (χ0n) is 14.4. The van der Waals surface area contributed by atoms with Gasteiger partial charge in [-0.1, -0.05) is 0 Å². The van der Waals surface area contributed by atoms with Crippen LogP contribution in [0.3, 0.4) is 0 Å². The lowest BCUT2D eigenvalue weighted by molar-refractivity contribution is -0.138. The van der Waals surface area contributed by atoms with Gasteiger partial charge in [-0.3, -0.25) is 19.1 Å². The van der Waals surface area contributed by atoms with Crippen molar-refractivity contribution in [3.05, 3.63) is 20.8 Å². The first-order valence-corrected chi connectivity index (χ1v) is 8.56. The molecule has 4 rings (SSSR count). The van der Waals surface area contributed by atoms with Crippen LogP contribution in [0.15, 0.2) is 9.59 Å². The molecule has 28 heavy (non-hydrogen) atoms. The molecule has 1 saturated heterocycles. The van der Waals surface area contributed by atoms with E-state index in [1.807, 2.05) is 0 Å². The second-order valence-electron chi connectivity index (χ2n) is 7.01. The minimum atomic E-state index is -1.96. The summed E-state index contributed by atoms with van der Waals surface area (Å²) in [4.78, 5) is 42.7. The SMILES string of the molecule is Nc1nc2c(c(=O)[nH]1)n(C[C@@H]1C[C@H]1C(=O)O)c(=O)n2[C@@H]1O[C@H](CO)[C@@H](F)[C@H]1O. The van der Waals surface area contributed by atoms with Gasteiger partial charge in [-0.05, 0) is 12.3 Å². The molecule has 0 spiro atoms. The lowest BCUT2D eigenvalue weighted by Gasteiger charge is -2.15. The quantitative estimate of drug-likeness (QED) is 0.371. The Balaban J connectivity index is 1.86. The Labute approximate surface area is 155 Å². The van der Waals surface area contributed by atoms with Gasteiger partial charge in [-0.15, -0.1) is 0 Å². The van der Waals surface area contributed by atoms with Gasteiger partial charge in [-0.25, -0.2) is 13.8 Å². The number of aliphatic carboxylic acids is 1. The average molecular weight is 399 g/mol. The van der Waals surface area contributed by atoms with Gasteiger partial charge in [0, 0.05) is 6.54 Å². The van der Waals surface area contributed by atoms with E-state index in [0.29, 0.717) is 6.42 Å². The van der Waals surface area contributed by atoms with Crippen LogP contribution in [-0.4, -0.2) is 65.4 Å². The molecule has 0 amide bonds. The maximum atomic E-state index is 14.1. The first kappa shape index (κ1) is 18.6. The molecule has 3 heterocycles. The van der Waals surface area contributed by atoms with Crippen LogP contribution in [0.5, 0.6) is 0 Å². The predicted molar refractivity (Wildman–Crippen MR) is 90.2 cm³/mol. The molecule has 2 aromatic rings. The van der Waals surface area contributed by atoms with Gasteiger partial charge in [0.05, 0.1) is 12.5 Å². The van der Waals surface area contributed by atoms with E-state index in [1.165, 1.54) is 0 Å². The Morgan fingerprint density at radius 3 is 2.71 bits per heavy atom. The van der Waals surface area contributed by atoms with E-state index in [0.717, 1.165) is 9.13 Å². The number of hydrogen-bond donors (Lipinski definition) is 5. The number of aromatic nitrogens is 4. The van der Waals surface area contributed by atoms with Crippen LogP contribution >= 0.6 is 0 Å². The van der Waals surface area contributed by atoms with E-state index in [-0.39, 0.29) is 29.6 Å². The molecule has 0 bridgehead atoms. The number of nitrogens with zero attached hydrogens (tertiary/aromatic N) is 3. The van der Waals surface area contributed by atoms with Crippen molar-refractivity contribution in [3.8, 4) is 0 Å². The normalized spacial score (nSPS) is 32.1. The number of alkyl halides is 1. The van der Waals surface area contributed by atoms with E-state index in [1.54, 1.807) is 0 Å². The molecule has 2 aliphatic rings. The maximum Gasteiger partial charge on any atom is 0.332 e. The number of carbonyl (C=O) groups is 1. The van der Waals surface area contributed by atoms with E-state index >= 15 is 0 Å². The highest BCUT2D eigenvalue weighted by Crippen LogP contribution is 2.40. The van der Waals surface area contributed by atoms with Crippen LogP contribution < -0.4 is 17.0 Å². The van der Waals surface area contributed by atoms with Gasteiger partial charge in [0.2, 0.25) is 5.95 Å². The fourth-order valence-corrected chi connectivity index (χ4v) is 3.65. The third-order valence-corrected chi connectivity index (χ3v) is 5.21. The van der Waals surface area contributed by atoms with Crippen molar-refractivity contribution in [2.45, 2.75) is 37.6 Å². The topological polar surface area (TPSA) is 186 Å². The molecule has 12 nitrogen and oxygen atoms in total. The van der Waals surface area contributed by atoms with Gasteiger partial charge in [0.25, 0.3) is 5.56 Å². The van der Waals surface area contributed by atoms with Crippen LogP contribution in [0, 0.1) is 11.8 Å². The average Bonchev–Trinajstić information content (AvgIpc) is 3.28. The number of aliphatic hydroxyl groups is 2. The second-order valence-corrected chi connectivity index (χ2v) is 7.01. The number of fused-ring (bicyclic) bond motifs is 1. The van der Waals surface area contributed by atoms with Crippen LogP contribution in [0.2, 0.25) is 0 Å². The number of nitrogens with two attached hydrogens (primary N) is 1. The maximum absolute atomic E-state index is 14.1. The zero-order chi connectivity index (χ0) is 20.3. The Hall–Kier alpha value is -2.77. The number of halogens is 1. The van der Waals surface area contributed by atoms with Crippen molar-refractivity contribution in [1.82, 2.24) is 19.1 Å². The van der Waals surface area contributed by atoms with Gasteiger partial charge in [-0.2, -0.15) is 4.98 Å². The first-order valence-electron chi connectivity index (χ1n) is 8.56. The zero-order valence-corrected chi connectivity index (χ0v) is 14.4. The third kappa shape index (κ3) is 2.70.